The first kappa shape index (κ1) is 16.4. The number of aliphatic carboxylic acids is 1. The number of hydrogen-bond acceptors (Lipinski definition) is 4. The largest absolute Gasteiger partial charge is 0.480 e. The molecule has 2 rings (SSSR count). The molecule has 1 heterocycles. The van der Waals surface area contributed by atoms with Crippen molar-refractivity contribution < 1.29 is 22.7 Å². The summed E-state index contributed by atoms with van der Waals surface area (Å²) >= 11 is 3.08. The number of halogens is 2. The van der Waals surface area contributed by atoms with E-state index in [1.807, 2.05) is 0 Å². The number of carboxylic acids is 1. The monoisotopic (exact) mass is 379 g/mol. The lowest BCUT2D eigenvalue weighted by Crippen LogP contribution is -2.39. The van der Waals surface area contributed by atoms with Crippen molar-refractivity contribution in [3.63, 3.8) is 0 Å². The normalized spacial score (nSPS) is 20.8. The van der Waals surface area contributed by atoms with E-state index in [4.69, 9.17) is 5.11 Å². The SMILES string of the molecule is O=C(O)CN(Cc1ccc(F)c(Br)c1)C1CCS(=O)(=O)C1. The molecule has 1 N–H and O–H groups in total. The average Bonchev–Trinajstić information content (AvgIpc) is 2.73. The highest BCUT2D eigenvalue weighted by molar-refractivity contribution is 9.10. The summed E-state index contributed by atoms with van der Waals surface area (Å²) in [6, 6.07) is 4.13. The van der Waals surface area contributed by atoms with Crippen LogP contribution in [0, 0.1) is 5.82 Å². The molecule has 0 bridgehead atoms. The van der Waals surface area contributed by atoms with Gasteiger partial charge in [-0.2, -0.15) is 0 Å². The Hall–Kier alpha value is -0.990. The standard InChI is InChI=1S/C13H15BrFNO4S/c14-11-5-9(1-2-12(11)15)6-16(7-13(17)18)10-3-4-21(19,20)8-10/h1-2,5,10H,3-4,6-8H2,(H,17,18). The van der Waals surface area contributed by atoms with E-state index in [-0.39, 0.29) is 30.6 Å². The molecule has 5 nitrogen and oxygen atoms in total. The van der Waals surface area contributed by atoms with Gasteiger partial charge in [0.25, 0.3) is 0 Å². The van der Waals surface area contributed by atoms with Crippen molar-refractivity contribution in [3.05, 3.63) is 34.1 Å². The van der Waals surface area contributed by atoms with Gasteiger partial charge in [-0.05, 0) is 40.0 Å². The molecule has 1 fully saturated rings. The molecular formula is C13H15BrFNO4S. The van der Waals surface area contributed by atoms with Gasteiger partial charge < -0.3 is 5.11 Å². The van der Waals surface area contributed by atoms with Gasteiger partial charge in [-0.1, -0.05) is 6.07 Å². The molecule has 0 radical (unpaired) electrons. The van der Waals surface area contributed by atoms with Crippen molar-refractivity contribution in [2.24, 2.45) is 0 Å². The van der Waals surface area contributed by atoms with Crippen LogP contribution in [0.2, 0.25) is 0 Å². The Morgan fingerprint density at radius 2 is 2.19 bits per heavy atom. The van der Waals surface area contributed by atoms with Gasteiger partial charge in [0.1, 0.15) is 5.82 Å². The van der Waals surface area contributed by atoms with Gasteiger partial charge >= 0.3 is 5.97 Å². The fourth-order valence-corrected chi connectivity index (χ4v) is 4.61. The molecule has 0 saturated carbocycles. The summed E-state index contributed by atoms with van der Waals surface area (Å²) in [5.74, 6) is -1.35. The van der Waals surface area contributed by atoms with Crippen LogP contribution in [0.25, 0.3) is 0 Å². The Kier molecular flexibility index (Phi) is 5.00. The van der Waals surface area contributed by atoms with Crippen LogP contribution in [0.3, 0.4) is 0 Å². The molecule has 1 aromatic rings. The van der Waals surface area contributed by atoms with Crippen LogP contribution < -0.4 is 0 Å². The van der Waals surface area contributed by atoms with Crippen molar-refractivity contribution in [2.45, 2.75) is 19.0 Å². The summed E-state index contributed by atoms with van der Waals surface area (Å²) in [4.78, 5) is 12.6. The molecule has 0 spiro atoms. The summed E-state index contributed by atoms with van der Waals surface area (Å²) in [5, 5.41) is 8.99. The maximum absolute atomic E-state index is 13.2. The highest BCUT2D eigenvalue weighted by Crippen LogP contribution is 2.22. The molecule has 1 aliphatic heterocycles. The Morgan fingerprint density at radius 1 is 1.48 bits per heavy atom. The second-order valence-electron chi connectivity index (χ2n) is 5.10. The highest BCUT2D eigenvalue weighted by Gasteiger charge is 2.33. The zero-order chi connectivity index (χ0) is 15.6. The topological polar surface area (TPSA) is 74.7 Å². The van der Waals surface area contributed by atoms with E-state index < -0.39 is 21.6 Å². The molecule has 1 saturated heterocycles. The van der Waals surface area contributed by atoms with E-state index in [2.05, 4.69) is 15.9 Å². The zero-order valence-electron chi connectivity index (χ0n) is 11.1. The van der Waals surface area contributed by atoms with E-state index in [1.165, 1.54) is 6.07 Å². The van der Waals surface area contributed by atoms with Crippen molar-refractivity contribution in [1.29, 1.82) is 0 Å². The quantitative estimate of drug-likeness (QED) is 0.841. The molecule has 1 atom stereocenters. The highest BCUT2D eigenvalue weighted by atomic mass is 79.9. The number of carbonyl (C=O) groups is 1. The lowest BCUT2D eigenvalue weighted by Gasteiger charge is -2.26. The first-order valence-electron chi connectivity index (χ1n) is 6.37. The molecule has 0 amide bonds. The minimum absolute atomic E-state index is 0.0252. The van der Waals surface area contributed by atoms with E-state index in [1.54, 1.807) is 17.0 Å². The fourth-order valence-electron chi connectivity index (χ4n) is 2.42. The number of carboxylic acid groups (broad SMARTS) is 1. The predicted molar refractivity (Wildman–Crippen MR) is 79.2 cm³/mol. The van der Waals surface area contributed by atoms with Crippen LogP contribution >= 0.6 is 15.9 Å². The number of hydrogen-bond donors (Lipinski definition) is 1. The third kappa shape index (κ3) is 4.49. The Morgan fingerprint density at radius 3 is 2.71 bits per heavy atom. The zero-order valence-corrected chi connectivity index (χ0v) is 13.5. The molecule has 0 aromatic heterocycles. The molecule has 8 heteroatoms. The Balaban J connectivity index is 2.16. The Bertz CT molecular complexity index is 650. The minimum Gasteiger partial charge on any atom is -0.480 e. The number of nitrogens with zero attached hydrogens (tertiary/aromatic N) is 1. The second-order valence-corrected chi connectivity index (χ2v) is 8.19. The van der Waals surface area contributed by atoms with Gasteiger partial charge in [0, 0.05) is 12.6 Å². The summed E-state index contributed by atoms with van der Waals surface area (Å²) < 4.78 is 36.6. The third-order valence-electron chi connectivity index (χ3n) is 3.43. The summed E-state index contributed by atoms with van der Waals surface area (Å²) in [6.45, 7) is 0.0283. The van der Waals surface area contributed by atoms with Crippen LogP contribution in [0.5, 0.6) is 0 Å². The van der Waals surface area contributed by atoms with Gasteiger partial charge in [0.15, 0.2) is 9.84 Å². The summed E-state index contributed by atoms with van der Waals surface area (Å²) in [6.07, 6.45) is 0.429. The summed E-state index contributed by atoms with van der Waals surface area (Å²) in [5.41, 5.74) is 0.730. The first-order valence-corrected chi connectivity index (χ1v) is 8.98. The van der Waals surface area contributed by atoms with Crippen LogP contribution in [0.4, 0.5) is 4.39 Å². The molecule has 1 aromatic carbocycles. The maximum Gasteiger partial charge on any atom is 0.317 e. The van der Waals surface area contributed by atoms with Crippen molar-refractivity contribution in [1.82, 2.24) is 4.90 Å². The maximum atomic E-state index is 13.2. The average molecular weight is 380 g/mol. The predicted octanol–water partition coefficient (Wildman–Crippen LogP) is 1.66. The van der Waals surface area contributed by atoms with Crippen molar-refractivity contribution >= 4 is 31.7 Å². The van der Waals surface area contributed by atoms with Crippen LogP contribution in [0.1, 0.15) is 12.0 Å². The smallest absolute Gasteiger partial charge is 0.317 e. The third-order valence-corrected chi connectivity index (χ3v) is 5.79. The van der Waals surface area contributed by atoms with Crippen LogP contribution in [0.15, 0.2) is 22.7 Å². The van der Waals surface area contributed by atoms with Gasteiger partial charge in [-0.3, -0.25) is 9.69 Å². The Labute approximate surface area is 130 Å². The van der Waals surface area contributed by atoms with E-state index in [9.17, 15) is 17.6 Å². The summed E-state index contributed by atoms with van der Waals surface area (Å²) in [7, 11) is -3.09. The van der Waals surface area contributed by atoms with Gasteiger partial charge in [-0.15, -0.1) is 0 Å². The van der Waals surface area contributed by atoms with Crippen LogP contribution in [-0.2, 0) is 21.2 Å². The van der Waals surface area contributed by atoms with Gasteiger partial charge in [0.05, 0.1) is 22.5 Å². The molecular weight excluding hydrogens is 365 g/mol. The van der Waals surface area contributed by atoms with Crippen molar-refractivity contribution in [3.8, 4) is 0 Å². The molecule has 0 aliphatic carbocycles. The van der Waals surface area contributed by atoms with Gasteiger partial charge in [-0.25, -0.2) is 12.8 Å². The molecule has 1 aliphatic rings. The van der Waals surface area contributed by atoms with Gasteiger partial charge in [0.2, 0.25) is 0 Å². The van der Waals surface area contributed by atoms with E-state index in [0.29, 0.717) is 10.9 Å². The number of rotatable bonds is 5. The van der Waals surface area contributed by atoms with E-state index in [0.717, 1.165) is 5.56 Å². The first-order chi connectivity index (χ1) is 9.77. The lowest BCUT2D eigenvalue weighted by molar-refractivity contribution is -0.139. The van der Waals surface area contributed by atoms with Crippen molar-refractivity contribution in [2.75, 3.05) is 18.1 Å². The minimum atomic E-state index is -3.09. The molecule has 116 valence electrons. The second kappa shape index (κ2) is 6.41. The number of sulfone groups is 1. The fraction of sp³-hybridized carbons (Fsp3) is 0.462. The molecule has 21 heavy (non-hydrogen) atoms. The lowest BCUT2D eigenvalue weighted by atomic mass is 10.1. The van der Waals surface area contributed by atoms with Crippen LogP contribution in [-0.4, -0.2) is 48.5 Å². The van der Waals surface area contributed by atoms with E-state index >= 15 is 0 Å². The molecule has 1 unspecified atom stereocenters. The number of benzene rings is 1.